The maximum Gasteiger partial charge on any atom is 2.00 e. The first kappa shape index (κ1) is 50.9. The summed E-state index contributed by atoms with van der Waals surface area (Å²) in [6, 6.07) is 0. The van der Waals surface area contributed by atoms with Crippen LogP contribution in [-0.2, 0) is 37.9 Å². The monoisotopic (exact) mass is 382 g/mol. The van der Waals surface area contributed by atoms with Gasteiger partial charge in [0, 0.05) is 20.8 Å². The standard InChI is InChI=1S/C2H8N2.Fe.2H2O4S.4H2O/c3-1-2-4;;2*1-5(2,3)4;;;;/h1-4H2;;2*(H2,1,2,3,4);4*1H2/q;+2;;;;;;/p-2. The van der Waals surface area contributed by atoms with Gasteiger partial charge in [0.05, 0.1) is 0 Å². The Morgan fingerprint density at radius 1 is 0.632 bits per heavy atom. The van der Waals surface area contributed by atoms with Crippen molar-refractivity contribution in [2.75, 3.05) is 13.1 Å². The molecule has 0 rings (SSSR count). The van der Waals surface area contributed by atoms with E-state index in [2.05, 4.69) is 11.5 Å². The second-order valence-electron chi connectivity index (χ2n) is 1.52. The van der Waals surface area contributed by atoms with Crippen LogP contribution in [0.1, 0.15) is 0 Å². The van der Waals surface area contributed by atoms with Crippen LogP contribution in [0.3, 0.4) is 0 Å². The van der Waals surface area contributed by atoms with E-state index >= 15 is 0 Å². The second-order valence-corrected chi connectivity index (χ2v) is 3.16. The predicted molar refractivity (Wildman–Crippen MR) is 50.9 cm³/mol. The second kappa shape index (κ2) is 26.6. The Balaban J connectivity index is -0.0000000141. The molecule has 128 valence electrons. The van der Waals surface area contributed by atoms with E-state index < -0.39 is 20.8 Å². The molecule has 0 aliphatic heterocycles. The third kappa shape index (κ3) is 4450. The predicted octanol–water partition coefficient (Wildman–Crippen LogP) is -8.51. The Bertz CT molecular complexity index is 252. The average molecular weight is 382 g/mol. The van der Waals surface area contributed by atoms with Crippen molar-refractivity contribution in [3.05, 3.63) is 0 Å². The molecule has 0 bridgehead atoms. The number of hydrogen-bond acceptors (Lipinski definition) is 8. The summed E-state index contributed by atoms with van der Waals surface area (Å²) in [4.78, 5) is 0. The van der Waals surface area contributed by atoms with Crippen molar-refractivity contribution in [3.63, 3.8) is 0 Å². The van der Waals surface area contributed by atoms with Gasteiger partial charge in [-0.15, -0.1) is 0 Å². The first-order valence-corrected chi connectivity index (χ1v) is 5.50. The van der Waals surface area contributed by atoms with E-state index in [0.717, 1.165) is 13.1 Å². The normalized spacial score (nSPS) is 7.68. The van der Waals surface area contributed by atoms with E-state index in [0.29, 0.717) is 0 Å². The minimum Gasteiger partial charge on any atom is -0.759 e. The molecule has 0 spiro atoms. The first-order valence-electron chi connectivity index (χ1n) is 2.83. The van der Waals surface area contributed by atoms with Crippen LogP contribution in [0.2, 0.25) is 0 Å². The molecule has 0 aromatic rings. The SMILES string of the molecule is O.O.O.O.O=S(=O)([O-])[O-].O=S(=O)([O-])[O-].[Fe+2].[NH3+]CC[NH3+]. The molecule has 19 heavy (non-hydrogen) atoms. The van der Waals surface area contributed by atoms with Crippen molar-refractivity contribution in [2.45, 2.75) is 0 Å². The molecule has 0 aromatic carbocycles. The Hall–Kier alpha value is 0.0195. The van der Waals surface area contributed by atoms with Crippen LogP contribution in [0.25, 0.3) is 0 Å². The molecule has 17 heteroatoms. The van der Waals surface area contributed by atoms with E-state index in [-0.39, 0.29) is 39.0 Å². The molecule has 0 saturated carbocycles. The quantitative estimate of drug-likeness (QED) is 0.248. The Morgan fingerprint density at radius 2 is 0.684 bits per heavy atom. The van der Waals surface area contributed by atoms with Crippen LogP contribution in [0.5, 0.6) is 0 Å². The summed E-state index contributed by atoms with van der Waals surface area (Å²) in [5, 5.41) is 0. The summed E-state index contributed by atoms with van der Waals surface area (Å²) in [6.45, 7) is 1.92. The van der Waals surface area contributed by atoms with Crippen LogP contribution in [0.4, 0.5) is 0 Å². The zero-order valence-corrected chi connectivity index (χ0v) is 12.0. The molecule has 0 saturated heterocycles. The third-order valence-corrected chi connectivity index (χ3v) is 0.250. The molecule has 0 unspecified atom stereocenters. The Morgan fingerprint density at radius 3 is 0.684 bits per heavy atom. The largest absolute Gasteiger partial charge is 2.00 e. The topological polar surface area (TPSA) is 342 Å². The maximum absolute atomic E-state index is 8.52. The van der Waals surface area contributed by atoms with Gasteiger partial charge in [-0.2, -0.15) is 0 Å². The van der Waals surface area contributed by atoms with Gasteiger partial charge < -0.3 is 51.6 Å². The molecule has 0 radical (unpaired) electrons. The maximum atomic E-state index is 8.52. The summed E-state index contributed by atoms with van der Waals surface area (Å²) >= 11 is 0. The zero-order valence-electron chi connectivity index (χ0n) is 9.26. The van der Waals surface area contributed by atoms with Gasteiger partial charge in [0.15, 0.2) is 0 Å². The molecular formula is C2H18FeN2O12S2. The van der Waals surface area contributed by atoms with Crippen LogP contribution >= 0.6 is 0 Å². The minimum absolute atomic E-state index is 0. The van der Waals surface area contributed by atoms with Gasteiger partial charge in [0.2, 0.25) is 0 Å². The molecule has 14 N–H and O–H groups in total. The molecule has 0 atom stereocenters. The van der Waals surface area contributed by atoms with Gasteiger partial charge >= 0.3 is 17.1 Å². The van der Waals surface area contributed by atoms with Crippen LogP contribution in [0, 0.1) is 0 Å². The minimum atomic E-state index is -5.17. The van der Waals surface area contributed by atoms with Gasteiger partial charge in [-0.05, 0) is 0 Å². The summed E-state index contributed by atoms with van der Waals surface area (Å²) in [6.07, 6.45) is 0. The molecule has 0 amide bonds. The van der Waals surface area contributed by atoms with Crippen LogP contribution in [0.15, 0.2) is 0 Å². The van der Waals surface area contributed by atoms with E-state index in [1.54, 1.807) is 0 Å². The van der Waals surface area contributed by atoms with Crippen LogP contribution in [-0.4, -0.2) is 70.0 Å². The summed E-state index contributed by atoms with van der Waals surface area (Å²) in [7, 11) is -10.3. The van der Waals surface area contributed by atoms with E-state index in [9.17, 15) is 0 Å². The van der Waals surface area contributed by atoms with Crippen molar-refractivity contribution >= 4 is 20.8 Å². The molecule has 0 aromatic heterocycles. The fraction of sp³-hybridized carbons (Fsp3) is 1.00. The van der Waals surface area contributed by atoms with E-state index in [1.807, 2.05) is 0 Å². The van der Waals surface area contributed by atoms with Gasteiger partial charge in [-0.3, -0.25) is 16.8 Å². The van der Waals surface area contributed by atoms with Gasteiger partial charge in [0.25, 0.3) is 0 Å². The first-order chi connectivity index (χ1) is 5.91. The Labute approximate surface area is 120 Å². The number of hydrogen-bond donors (Lipinski definition) is 2. The molecular weight excluding hydrogens is 364 g/mol. The molecule has 14 nitrogen and oxygen atoms in total. The van der Waals surface area contributed by atoms with Crippen molar-refractivity contribution in [1.82, 2.24) is 0 Å². The van der Waals surface area contributed by atoms with E-state index in [1.165, 1.54) is 0 Å². The summed E-state index contributed by atoms with van der Waals surface area (Å²) in [5.74, 6) is 0. The van der Waals surface area contributed by atoms with Crippen molar-refractivity contribution in [2.24, 2.45) is 0 Å². The fourth-order valence-electron chi connectivity index (χ4n) is 0. The van der Waals surface area contributed by atoms with Crippen molar-refractivity contribution in [1.29, 1.82) is 0 Å². The molecule has 0 aliphatic carbocycles. The van der Waals surface area contributed by atoms with Crippen molar-refractivity contribution < 1.29 is 85.5 Å². The van der Waals surface area contributed by atoms with Crippen molar-refractivity contribution in [3.8, 4) is 0 Å². The van der Waals surface area contributed by atoms with Gasteiger partial charge in [-0.1, -0.05) is 0 Å². The van der Waals surface area contributed by atoms with Gasteiger partial charge in [0.1, 0.15) is 13.1 Å². The molecule has 0 fully saturated rings. The zero-order chi connectivity index (χ0) is 12.4. The summed E-state index contributed by atoms with van der Waals surface area (Å²) in [5.41, 5.74) is 7.08. The fourth-order valence-corrected chi connectivity index (χ4v) is 0. The van der Waals surface area contributed by atoms with E-state index in [4.69, 9.17) is 35.0 Å². The average Bonchev–Trinajstić information content (AvgIpc) is 1.79. The third-order valence-electron chi connectivity index (χ3n) is 0.250. The smallest absolute Gasteiger partial charge is 0.759 e. The Kier molecular flexibility index (Phi) is 71.1. The van der Waals surface area contributed by atoms with Crippen LogP contribution < -0.4 is 11.5 Å². The van der Waals surface area contributed by atoms with Gasteiger partial charge in [-0.25, -0.2) is 0 Å². The number of rotatable bonds is 1. The summed E-state index contributed by atoms with van der Waals surface area (Å²) < 4.78 is 68.2. The molecule has 0 heterocycles. The molecule has 0 aliphatic rings. The number of quaternary nitrogens is 2.